The Morgan fingerprint density at radius 3 is 2.55 bits per heavy atom. The molecule has 0 bridgehead atoms. The number of methoxy groups -OCH3 is 1. The second-order valence-corrected chi connectivity index (χ2v) is 13.1. The molecule has 1 saturated heterocycles. The second kappa shape index (κ2) is 14.9. The Hall–Kier alpha value is -5.29. The number of nitrogens with zero attached hydrogens (tertiary/aromatic N) is 3. The molecule has 2 aromatic carbocycles. The van der Waals surface area contributed by atoms with E-state index in [2.05, 4.69) is 20.6 Å². The van der Waals surface area contributed by atoms with Crippen LogP contribution in [0, 0.1) is 6.92 Å². The van der Waals surface area contributed by atoms with Crippen LogP contribution >= 0.6 is 11.6 Å². The molecule has 3 heterocycles. The lowest BCUT2D eigenvalue weighted by molar-refractivity contribution is -0.119. The van der Waals surface area contributed by atoms with Crippen LogP contribution in [-0.4, -0.2) is 64.4 Å². The van der Waals surface area contributed by atoms with E-state index in [9.17, 15) is 19.2 Å². The lowest BCUT2D eigenvalue weighted by Crippen LogP contribution is -2.43. The monoisotopic (exact) mass is 683 g/mol. The first-order valence-corrected chi connectivity index (χ1v) is 16.2. The van der Waals surface area contributed by atoms with E-state index < -0.39 is 17.6 Å². The molecule has 12 heteroatoms. The number of aldehydes is 1. The van der Waals surface area contributed by atoms with E-state index in [1.165, 1.54) is 7.11 Å². The van der Waals surface area contributed by atoms with Gasteiger partial charge in [0.1, 0.15) is 17.0 Å². The van der Waals surface area contributed by atoms with Crippen LogP contribution in [0.5, 0.6) is 5.75 Å². The first-order chi connectivity index (χ1) is 23.4. The Balaban J connectivity index is 1.32. The fourth-order valence-corrected chi connectivity index (χ4v) is 5.86. The van der Waals surface area contributed by atoms with Crippen molar-refractivity contribution < 1.29 is 28.7 Å². The number of carbonyl (C=O) groups excluding carboxylic acids is 4. The molecule has 4 aromatic rings. The molecule has 5 rings (SSSR count). The van der Waals surface area contributed by atoms with Gasteiger partial charge in [0.2, 0.25) is 5.91 Å². The lowest BCUT2D eigenvalue weighted by atomic mass is 9.97. The molecule has 1 aliphatic heterocycles. The maximum Gasteiger partial charge on any atom is 0.410 e. The number of carbonyl (C=O) groups is 4. The number of benzene rings is 2. The highest BCUT2D eigenvalue weighted by atomic mass is 35.5. The van der Waals surface area contributed by atoms with E-state index in [1.807, 2.05) is 19.1 Å². The van der Waals surface area contributed by atoms with Crippen molar-refractivity contribution in [1.29, 1.82) is 0 Å². The van der Waals surface area contributed by atoms with Gasteiger partial charge in [0.05, 0.1) is 29.9 Å². The van der Waals surface area contributed by atoms with E-state index in [4.69, 9.17) is 21.1 Å². The Bertz CT molecular complexity index is 1890. The Kier molecular flexibility index (Phi) is 10.6. The largest absolute Gasteiger partial charge is 0.496 e. The smallest absolute Gasteiger partial charge is 0.410 e. The molecule has 0 radical (unpaired) electrons. The summed E-state index contributed by atoms with van der Waals surface area (Å²) in [5.41, 5.74) is 4.70. The zero-order valence-corrected chi connectivity index (χ0v) is 28.8. The molecule has 2 aromatic heterocycles. The van der Waals surface area contributed by atoms with Crippen LogP contribution in [0.3, 0.4) is 0 Å². The summed E-state index contributed by atoms with van der Waals surface area (Å²) in [4.78, 5) is 59.8. The predicted octanol–water partition coefficient (Wildman–Crippen LogP) is 6.86. The van der Waals surface area contributed by atoms with Crippen molar-refractivity contribution >= 4 is 41.5 Å². The number of nitrogens with one attached hydrogen (secondary N) is 2. The third-order valence-corrected chi connectivity index (χ3v) is 8.39. The zero-order chi connectivity index (χ0) is 35.3. The summed E-state index contributed by atoms with van der Waals surface area (Å²) in [6, 6.07) is 15.6. The molecular formula is C37H38ClN5O6. The average Bonchev–Trinajstić information content (AvgIpc) is 3.49. The third kappa shape index (κ3) is 8.42. The van der Waals surface area contributed by atoms with Gasteiger partial charge in [-0.25, -0.2) is 4.79 Å². The van der Waals surface area contributed by atoms with Gasteiger partial charge < -0.3 is 25.0 Å². The van der Waals surface area contributed by atoms with E-state index in [0.29, 0.717) is 63.8 Å². The lowest BCUT2D eigenvalue weighted by Gasteiger charge is -2.29. The molecular weight excluding hydrogens is 646 g/mol. The number of amides is 3. The number of hydrogen-bond acceptors (Lipinski definition) is 8. The Morgan fingerprint density at radius 2 is 1.90 bits per heavy atom. The minimum Gasteiger partial charge on any atom is -0.496 e. The maximum atomic E-state index is 13.3. The summed E-state index contributed by atoms with van der Waals surface area (Å²) < 4.78 is 11.0. The van der Waals surface area contributed by atoms with Crippen LogP contribution in [0.4, 0.5) is 10.5 Å². The summed E-state index contributed by atoms with van der Waals surface area (Å²) in [6.07, 6.45) is 4.49. The van der Waals surface area contributed by atoms with Crippen molar-refractivity contribution in [3.05, 3.63) is 94.4 Å². The van der Waals surface area contributed by atoms with Crippen LogP contribution in [-0.2, 0) is 16.1 Å². The summed E-state index contributed by atoms with van der Waals surface area (Å²) in [5.74, 6) is -0.0325. The molecule has 3 amide bonds. The van der Waals surface area contributed by atoms with Gasteiger partial charge in [0.15, 0.2) is 6.29 Å². The SMILES string of the molecule is COc1cc(-c2nccc(-c3cccc(NC(=O)c4ccc(CN(C[C@@H]5CCC(=O)N5)C(=O)OC(C)(C)C)cn4)c3C)c2Cl)ccc1C=O. The third-order valence-electron chi connectivity index (χ3n) is 8.00. The predicted molar refractivity (Wildman–Crippen MR) is 187 cm³/mol. The quantitative estimate of drug-likeness (QED) is 0.173. The minimum atomic E-state index is -0.687. The molecule has 0 aliphatic carbocycles. The van der Waals surface area contributed by atoms with Crippen LogP contribution in [0.25, 0.3) is 22.4 Å². The van der Waals surface area contributed by atoms with Crippen LogP contribution < -0.4 is 15.4 Å². The summed E-state index contributed by atoms with van der Waals surface area (Å²) in [7, 11) is 1.49. The molecule has 0 spiro atoms. The minimum absolute atomic E-state index is 0.0381. The Morgan fingerprint density at radius 1 is 1.10 bits per heavy atom. The van der Waals surface area contributed by atoms with Crippen molar-refractivity contribution in [2.75, 3.05) is 19.0 Å². The highest BCUT2D eigenvalue weighted by Crippen LogP contribution is 2.39. The molecule has 1 atom stereocenters. The van der Waals surface area contributed by atoms with Crippen molar-refractivity contribution in [2.24, 2.45) is 0 Å². The summed E-state index contributed by atoms with van der Waals surface area (Å²) in [6.45, 7) is 7.76. The van der Waals surface area contributed by atoms with E-state index in [0.717, 1.165) is 17.4 Å². The maximum absolute atomic E-state index is 13.3. The fourth-order valence-electron chi connectivity index (χ4n) is 5.54. The number of ether oxygens (including phenoxy) is 2. The number of halogens is 1. The highest BCUT2D eigenvalue weighted by molar-refractivity contribution is 6.35. The van der Waals surface area contributed by atoms with Crippen LogP contribution in [0.15, 0.2) is 67.0 Å². The second-order valence-electron chi connectivity index (χ2n) is 12.7. The molecule has 2 N–H and O–H groups in total. The van der Waals surface area contributed by atoms with Crippen molar-refractivity contribution in [3.63, 3.8) is 0 Å². The Labute approximate surface area is 290 Å². The topological polar surface area (TPSA) is 140 Å². The van der Waals surface area contributed by atoms with E-state index in [-0.39, 0.29) is 24.2 Å². The highest BCUT2D eigenvalue weighted by Gasteiger charge is 2.28. The van der Waals surface area contributed by atoms with E-state index >= 15 is 0 Å². The van der Waals surface area contributed by atoms with Gasteiger partial charge in [-0.1, -0.05) is 35.9 Å². The molecule has 49 heavy (non-hydrogen) atoms. The van der Waals surface area contributed by atoms with E-state index in [1.54, 1.807) is 80.5 Å². The molecule has 0 unspecified atom stereocenters. The van der Waals surface area contributed by atoms with Crippen molar-refractivity contribution in [1.82, 2.24) is 20.2 Å². The van der Waals surface area contributed by atoms with Gasteiger partial charge in [0.25, 0.3) is 5.91 Å². The molecule has 11 nitrogen and oxygen atoms in total. The van der Waals surface area contributed by atoms with Crippen molar-refractivity contribution in [2.45, 2.75) is 58.7 Å². The van der Waals surface area contributed by atoms with Crippen molar-refractivity contribution in [3.8, 4) is 28.1 Å². The molecule has 1 fully saturated rings. The van der Waals surface area contributed by atoms with Gasteiger partial charge in [-0.15, -0.1) is 0 Å². The van der Waals surface area contributed by atoms with Crippen LogP contribution in [0.2, 0.25) is 5.02 Å². The van der Waals surface area contributed by atoms with Gasteiger partial charge in [-0.2, -0.15) is 0 Å². The van der Waals surface area contributed by atoms with Crippen LogP contribution in [0.1, 0.15) is 65.6 Å². The van der Waals surface area contributed by atoms with Gasteiger partial charge in [-0.3, -0.25) is 24.4 Å². The first-order valence-electron chi connectivity index (χ1n) is 15.8. The summed E-state index contributed by atoms with van der Waals surface area (Å²) >= 11 is 6.91. The zero-order valence-electron chi connectivity index (χ0n) is 28.0. The number of hydrogen-bond donors (Lipinski definition) is 2. The van der Waals surface area contributed by atoms with Gasteiger partial charge in [-0.05, 0) is 81.1 Å². The molecule has 254 valence electrons. The molecule has 0 saturated carbocycles. The first kappa shape index (κ1) is 35.0. The normalized spacial score (nSPS) is 14.2. The number of rotatable bonds is 10. The average molecular weight is 684 g/mol. The number of pyridine rings is 2. The standard InChI is InChI=1S/C37H38ClN5O6/c1-22-27(28-15-16-39-34(33(28)38)24-10-11-25(21-44)31(17-24)48-5)7-6-8-29(22)42-35(46)30-13-9-23(18-40-30)19-43(36(47)49-37(2,3)4)20-26-12-14-32(45)41-26/h6-11,13,15-18,21,26H,12,14,19-20H2,1-5H3,(H,41,45)(H,42,46)/t26-/m0/s1. The summed E-state index contributed by atoms with van der Waals surface area (Å²) in [5, 5.41) is 6.25. The number of anilines is 1. The fraction of sp³-hybridized carbons (Fsp3) is 0.297. The van der Waals surface area contributed by atoms with Gasteiger partial charge >= 0.3 is 6.09 Å². The molecule has 1 aliphatic rings. The van der Waals surface area contributed by atoms with Gasteiger partial charge in [0, 0.05) is 48.2 Å². The number of aromatic nitrogens is 2.